The zero-order valence-corrected chi connectivity index (χ0v) is 13.2. The second-order valence-corrected chi connectivity index (χ2v) is 6.05. The van der Waals surface area contributed by atoms with Crippen LogP contribution in [0.3, 0.4) is 0 Å². The standard InChI is InChI=1S/C19H19NO3/c1-12(17-11-15-5-3-4-6-16(15)17)20(2)18(21)13-7-9-14(10-8-13)19(22)23/h3-10,12,17H,11H2,1-2H3,(H,22,23). The molecule has 0 radical (unpaired) electrons. The SMILES string of the molecule is CC(C1Cc2ccccc21)N(C)C(=O)c1ccc(C(=O)O)cc1. The van der Waals surface area contributed by atoms with Crippen molar-refractivity contribution < 1.29 is 14.7 Å². The number of fused-ring (bicyclic) bond motifs is 1. The van der Waals surface area contributed by atoms with Crippen molar-refractivity contribution in [1.29, 1.82) is 0 Å². The first kappa shape index (κ1) is 15.3. The van der Waals surface area contributed by atoms with E-state index in [9.17, 15) is 9.59 Å². The molecule has 1 amide bonds. The van der Waals surface area contributed by atoms with E-state index in [0.717, 1.165) is 6.42 Å². The molecule has 4 heteroatoms. The summed E-state index contributed by atoms with van der Waals surface area (Å²) in [6.45, 7) is 2.06. The Kier molecular flexibility index (Phi) is 3.90. The summed E-state index contributed by atoms with van der Waals surface area (Å²) in [7, 11) is 1.80. The van der Waals surface area contributed by atoms with Crippen molar-refractivity contribution in [2.24, 2.45) is 0 Å². The van der Waals surface area contributed by atoms with Crippen molar-refractivity contribution in [3.05, 3.63) is 70.8 Å². The summed E-state index contributed by atoms with van der Waals surface area (Å²) in [5, 5.41) is 8.92. The number of carboxylic acid groups (broad SMARTS) is 1. The lowest BCUT2D eigenvalue weighted by Gasteiger charge is -2.39. The zero-order chi connectivity index (χ0) is 16.6. The molecule has 0 spiro atoms. The van der Waals surface area contributed by atoms with Gasteiger partial charge in [0.1, 0.15) is 0 Å². The van der Waals surface area contributed by atoms with E-state index < -0.39 is 5.97 Å². The molecule has 1 N–H and O–H groups in total. The molecule has 0 bridgehead atoms. The Balaban J connectivity index is 1.74. The van der Waals surface area contributed by atoms with Gasteiger partial charge in [-0.1, -0.05) is 24.3 Å². The Bertz CT molecular complexity index is 751. The quantitative estimate of drug-likeness (QED) is 0.943. The number of carbonyl (C=O) groups excluding carboxylic acids is 1. The molecule has 0 aliphatic heterocycles. The first-order valence-electron chi connectivity index (χ1n) is 7.67. The van der Waals surface area contributed by atoms with E-state index in [0.29, 0.717) is 11.5 Å². The molecule has 2 aromatic carbocycles. The van der Waals surface area contributed by atoms with Gasteiger partial charge in [-0.05, 0) is 48.7 Å². The van der Waals surface area contributed by atoms with E-state index in [2.05, 4.69) is 19.1 Å². The van der Waals surface area contributed by atoms with Crippen molar-refractivity contribution >= 4 is 11.9 Å². The van der Waals surface area contributed by atoms with Gasteiger partial charge >= 0.3 is 5.97 Å². The molecule has 2 atom stereocenters. The summed E-state index contributed by atoms with van der Waals surface area (Å²) < 4.78 is 0. The number of likely N-dealkylation sites (N-methyl/N-ethyl adjacent to an activating group) is 1. The van der Waals surface area contributed by atoms with Crippen LogP contribution in [0, 0.1) is 0 Å². The van der Waals surface area contributed by atoms with Gasteiger partial charge < -0.3 is 10.0 Å². The van der Waals surface area contributed by atoms with Gasteiger partial charge in [0.15, 0.2) is 0 Å². The van der Waals surface area contributed by atoms with Crippen LogP contribution in [0.5, 0.6) is 0 Å². The molecule has 2 aromatic rings. The molecular weight excluding hydrogens is 290 g/mol. The lowest BCUT2D eigenvalue weighted by Crippen LogP contribution is -2.42. The van der Waals surface area contributed by atoms with Crippen LogP contribution in [0.4, 0.5) is 0 Å². The molecule has 0 heterocycles. The van der Waals surface area contributed by atoms with Crippen LogP contribution >= 0.6 is 0 Å². The van der Waals surface area contributed by atoms with E-state index in [1.165, 1.54) is 23.3 Å². The highest BCUT2D eigenvalue weighted by atomic mass is 16.4. The molecule has 23 heavy (non-hydrogen) atoms. The molecule has 1 aliphatic rings. The summed E-state index contributed by atoms with van der Waals surface area (Å²) in [6.07, 6.45) is 0.993. The van der Waals surface area contributed by atoms with Crippen LogP contribution in [0.2, 0.25) is 0 Å². The molecule has 0 aromatic heterocycles. The summed E-state index contributed by atoms with van der Waals surface area (Å²) in [4.78, 5) is 25.2. The molecule has 2 unspecified atom stereocenters. The number of rotatable bonds is 4. The molecule has 0 saturated heterocycles. The van der Waals surface area contributed by atoms with Crippen molar-refractivity contribution in [3.63, 3.8) is 0 Å². The lowest BCUT2D eigenvalue weighted by atomic mass is 9.73. The first-order valence-corrected chi connectivity index (χ1v) is 7.67. The normalized spacial score (nSPS) is 16.9. The average molecular weight is 309 g/mol. The Morgan fingerprint density at radius 1 is 1.09 bits per heavy atom. The average Bonchev–Trinajstić information content (AvgIpc) is 2.54. The number of benzene rings is 2. The van der Waals surface area contributed by atoms with Crippen molar-refractivity contribution in [2.45, 2.75) is 25.3 Å². The van der Waals surface area contributed by atoms with Crippen LogP contribution in [-0.2, 0) is 6.42 Å². The molecule has 0 fully saturated rings. The number of hydrogen-bond acceptors (Lipinski definition) is 2. The van der Waals surface area contributed by atoms with Gasteiger partial charge in [-0.2, -0.15) is 0 Å². The molecule has 3 rings (SSSR count). The minimum absolute atomic E-state index is 0.0844. The van der Waals surface area contributed by atoms with Crippen molar-refractivity contribution in [1.82, 2.24) is 4.90 Å². The van der Waals surface area contributed by atoms with E-state index in [1.807, 2.05) is 12.1 Å². The third-order valence-corrected chi connectivity index (χ3v) is 4.79. The van der Waals surface area contributed by atoms with Gasteiger partial charge in [-0.3, -0.25) is 4.79 Å². The Hall–Kier alpha value is -2.62. The van der Waals surface area contributed by atoms with Gasteiger partial charge in [-0.25, -0.2) is 4.79 Å². The number of carboxylic acids is 1. The highest BCUT2D eigenvalue weighted by Gasteiger charge is 2.33. The molecule has 4 nitrogen and oxygen atoms in total. The van der Waals surface area contributed by atoms with Gasteiger partial charge in [-0.15, -0.1) is 0 Å². The summed E-state index contributed by atoms with van der Waals surface area (Å²) in [5.74, 6) is -0.714. The summed E-state index contributed by atoms with van der Waals surface area (Å²) in [5.41, 5.74) is 3.37. The summed E-state index contributed by atoms with van der Waals surface area (Å²) in [6, 6.07) is 14.5. The third kappa shape index (κ3) is 2.72. The van der Waals surface area contributed by atoms with Crippen LogP contribution in [0.25, 0.3) is 0 Å². The predicted molar refractivity (Wildman–Crippen MR) is 87.8 cm³/mol. The fourth-order valence-corrected chi connectivity index (χ4v) is 3.14. The Labute approximate surface area is 135 Å². The zero-order valence-electron chi connectivity index (χ0n) is 13.2. The number of carbonyl (C=O) groups is 2. The van der Waals surface area contributed by atoms with Crippen LogP contribution in [-0.4, -0.2) is 35.0 Å². The van der Waals surface area contributed by atoms with E-state index >= 15 is 0 Å². The minimum atomic E-state index is -0.989. The second kappa shape index (κ2) is 5.88. The molecule has 1 aliphatic carbocycles. The highest BCUT2D eigenvalue weighted by molar-refractivity contribution is 5.96. The fourth-order valence-electron chi connectivity index (χ4n) is 3.14. The van der Waals surface area contributed by atoms with Crippen LogP contribution < -0.4 is 0 Å². The third-order valence-electron chi connectivity index (χ3n) is 4.79. The topological polar surface area (TPSA) is 57.6 Å². The number of nitrogens with zero attached hydrogens (tertiary/aromatic N) is 1. The summed E-state index contributed by atoms with van der Waals surface area (Å²) >= 11 is 0. The minimum Gasteiger partial charge on any atom is -0.478 e. The van der Waals surface area contributed by atoms with Gasteiger partial charge in [0.2, 0.25) is 0 Å². The lowest BCUT2D eigenvalue weighted by molar-refractivity contribution is 0.0689. The van der Waals surface area contributed by atoms with Gasteiger partial charge in [0.25, 0.3) is 5.91 Å². The number of amides is 1. The van der Waals surface area contributed by atoms with E-state index in [1.54, 1.807) is 24.1 Å². The van der Waals surface area contributed by atoms with Crippen molar-refractivity contribution in [2.75, 3.05) is 7.05 Å². The highest BCUT2D eigenvalue weighted by Crippen LogP contribution is 2.38. The maximum Gasteiger partial charge on any atom is 0.335 e. The maximum absolute atomic E-state index is 12.6. The van der Waals surface area contributed by atoms with Crippen molar-refractivity contribution in [3.8, 4) is 0 Å². The monoisotopic (exact) mass is 309 g/mol. The number of aromatic carboxylic acids is 1. The Morgan fingerprint density at radius 2 is 1.70 bits per heavy atom. The van der Waals surface area contributed by atoms with Crippen LogP contribution in [0.1, 0.15) is 44.7 Å². The van der Waals surface area contributed by atoms with Crippen LogP contribution in [0.15, 0.2) is 48.5 Å². The van der Waals surface area contributed by atoms with Gasteiger partial charge in [0, 0.05) is 24.6 Å². The first-order chi connectivity index (χ1) is 11.0. The second-order valence-electron chi connectivity index (χ2n) is 6.05. The fraction of sp³-hybridized carbons (Fsp3) is 0.263. The largest absolute Gasteiger partial charge is 0.478 e. The predicted octanol–water partition coefficient (Wildman–Crippen LogP) is 3.19. The van der Waals surface area contributed by atoms with E-state index in [-0.39, 0.29) is 17.5 Å². The molecule has 118 valence electrons. The van der Waals surface area contributed by atoms with Gasteiger partial charge in [0.05, 0.1) is 5.56 Å². The number of hydrogen-bond donors (Lipinski definition) is 1. The smallest absolute Gasteiger partial charge is 0.335 e. The Morgan fingerprint density at radius 3 is 2.30 bits per heavy atom. The van der Waals surface area contributed by atoms with E-state index in [4.69, 9.17) is 5.11 Å². The maximum atomic E-state index is 12.6. The molecular formula is C19H19NO3. The molecule has 0 saturated carbocycles.